The van der Waals surface area contributed by atoms with Crippen molar-refractivity contribution in [1.29, 1.82) is 0 Å². The molecule has 0 radical (unpaired) electrons. The van der Waals surface area contributed by atoms with E-state index >= 15 is 0 Å². The molecular weight excluding hydrogens is 268 g/mol. The average molecular weight is 286 g/mol. The van der Waals surface area contributed by atoms with Crippen LogP contribution in [-0.2, 0) is 16.8 Å². The Hall–Kier alpha value is -2.33. The molecule has 4 heteroatoms. The molecule has 2 rings (SSSR count). The maximum absolute atomic E-state index is 11.1. The molecule has 0 aromatic heterocycles. The summed E-state index contributed by atoms with van der Waals surface area (Å²) in [6, 6.07) is 16.2. The fourth-order valence-electron chi connectivity index (χ4n) is 2.35. The molecule has 4 nitrogen and oxygen atoms in total. The van der Waals surface area contributed by atoms with Gasteiger partial charge in [-0.05, 0) is 23.3 Å². The topological polar surface area (TPSA) is 66.8 Å². The normalized spacial score (nSPS) is 13.4. The molecule has 0 bridgehead atoms. The quantitative estimate of drug-likeness (QED) is 0.856. The molecule has 0 saturated heterocycles. The van der Waals surface area contributed by atoms with Crippen molar-refractivity contribution in [2.75, 3.05) is 7.11 Å². The molecule has 0 spiro atoms. The summed E-state index contributed by atoms with van der Waals surface area (Å²) in [6.07, 6.45) is -0.110. The number of hydrogen-bond acceptors (Lipinski definition) is 3. The van der Waals surface area contributed by atoms with Crippen molar-refractivity contribution in [3.05, 3.63) is 65.7 Å². The van der Waals surface area contributed by atoms with E-state index in [1.807, 2.05) is 30.3 Å². The highest BCUT2D eigenvalue weighted by atomic mass is 16.5. The van der Waals surface area contributed by atoms with Crippen molar-refractivity contribution < 1.29 is 19.7 Å². The number of carboxylic acid groups (broad SMARTS) is 1. The third-order valence-electron chi connectivity index (χ3n) is 3.41. The predicted molar refractivity (Wildman–Crippen MR) is 79.3 cm³/mol. The van der Waals surface area contributed by atoms with Crippen molar-refractivity contribution in [2.24, 2.45) is 0 Å². The predicted octanol–water partition coefficient (Wildman–Crippen LogP) is 2.60. The molecular formula is C17H18O4. The monoisotopic (exact) mass is 286 g/mol. The van der Waals surface area contributed by atoms with Gasteiger partial charge in [0.15, 0.2) is 0 Å². The first-order valence-electron chi connectivity index (χ1n) is 6.66. The van der Waals surface area contributed by atoms with Crippen molar-refractivity contribution in [2.45, 2.75) is 18.4 Å². The molecule has 2 N–H and O–H groups in total. The van der Waals surface area contributed by atoms with Crippen molar-refractivity contribution in [3.63, 3.8) is 0 Å². The molecule has 0 aliphatic heterocycles. The summed E-state index contributed by atoms with van der Waals surface area (Å²) in [7, 11) is 1.56. The Kier molecular flexibility index (Phi) is 4.60. The summed E-state index contributed by atoms with van der Waals surface area (Å²) in [5, 5.41) is 20.0. The summed E-state index contributed by atoms with van der Waals surface area (Å²) in [4.78, 5) is 11.1. The second kappa shape index (κ2) is 6.41. The number of methoxy groups -OCH3 is 1. The highest BCUT2D eigenvalue weighted by Gasteiger charge is 2.32. The van der Waals surface area contributed by atoms with Gasteiger partial charge in [0, 0.05) is 6.42 Å². The van der Waals surface area contributed by atoms with Gasteiger partial charge in [0.2, 0.25) is 0 Å². The van der Waals surface area contributed by atoms with E-state index < -0.39 is 11.6 Å². The van der Waals surface area contributed by atoms with Crippen molar-refractivity contribution >= 4 is 5.97 Å². The summed E-state index contributed by atoms with van der Waals surface area (Å²) < 4.78 is 5.08. The second-order valence-electron chi connectivity index (χ2n) is 4.99. The van der Waals surface area contributed by atoms with Crippen LogP contribution in [0, 0.1) is 0 Å². The molecule has 0 fully saturated rings. The van der Waals surface area contributed by atoms with Gasteiger partial charge in [-0.25, -0.2) is 0 Å². The zero-order chi connectivity index (χ0) is 15.3. The molecule has 0 amide bonds. The van der Waals surface area contributed by atoms with Crippen LogP contribution in [0.4, 0.5) is 0 Å². The molecule has 1 atom stereocenters. The van der Waals surface area contributed by atoms with Crippen LogP contribution in [-0.4, -0.2) is 23.3 Å². The number of ether oxygens (including phenoxy) is 1. The van der Waals surface area contributed by atoms with Gasteiger partial charge in [-0.1, -0.05) is 42.5 Å². The minimum absolute atomic E-state index is 0.243. The van der Waals surface area contributed by atoms with Crippen LogP contribution in [0.25, 0.3) is 0 Å². The number of aliphatic carboxylic acids is 1. The van der Waals surface area contributed by atoms with E-state index in [1.165, 1.54) is 0 Å². The van der Waals surface area contributed by atoms with Gasteiger partial charge in [-0.2, -0.15) is 0 Å². The first kappa shape index (κ1) is 15.1. The molecule has 0 aliphatic carbocycles. The van der Waals surface area contributed by atoms with Crippen LogP contribution in [0.2, 0.25) is 0 Å². The highest BCUT2D eigenvalue weighted by molar-refractivity contribution is 5.68. The zero-order valence-electron chi connectivity index (χ0n) is 11.8. The minimum atomic E-state index is -1.44. The van der Waals surface area contributed by atoms with E-state index in [1.54, 1.807) is 31.4 Å². The Morgan fingerprint density at radius 1 is 1.10 bits per heavy atom. The summed E-state index contributed by atoms with van der Waals surface area (Å²) in [6.45, 7) is 0. The smallest absolute Gasteiger partial charge is 0.306 e. The SMILES string of the molecule is COc1ccc(C(O)(CC(=O)O)Cc2ccccc2)cc1. The van der Waals surface area contributed by atoms with Crippen LogP contribution in [0.3, 0.4) is 0 Å². The van der Waals surface area contributed by atoms with Gasteiger partial charge < -0.3 is 14.9 Å². The van der Waals surface area contributed by atoms with Crippen LogP contribution in [0.1, 0.15) is 17.5 Å². The third-order valence-corrected chi connectivity index (χ3v) is 3.41. The molecule has 0 aliphatic rings. The van der Waals surface area contributed by atoms with Gasteiger partial charge in [-0.15, -0.1) is 0 Å². The molecule has 110 valence electrons. The van der Waals surface area contributed by atoms with Crippen molar-refractivity contribution in [1.82, 2.24) is 0 Å². The van der Waals surface area contributed by atoms with Gasteiger partial charge in [0.1, 0.15) is 11.4 Å². The van der Waals surface area contributed by atoms with E-state index in [9.17, 15) is 9.90 Å². The number of carboxylic acids is 1. The Morgan fingerprint density at radius 3 is 2.24 bits per heavy atom. The molecule has 2 aromatic rings. The Labute approximate surface area is 123 Å². The van der Waals surface area contributed by atoms with Gasteiger partial charge >= 0.3 is 5.97 Å². The lowest BCUT2D eigenvalue weighted by atomic mass is 9.84. The number of benzene rings is 2. The maximum atomic E-state index is 11.1. The lowest BCUT2D eigenvalue weighted by molar-refractivity contribution is -0.143. The van der Waals surface area contributed by atoms with E-state index in [0.717, 1.165) is 5.56 Å². The number of aliphatic hydroxyl groups is 1. The largest absolute Gasteiger partial charge is 0.497 e. The molecule has 1 unspecified atom stereocenters. The zero-order valence-corrected chi connectivity index (χ0v) is 11.8. The summed E-state index contributed by atoms with van der Waals surface area (Å²) in [5.41, 5.74) is 0.00559. The maximum Gasteiger partial charge on any atom is 0.306 e. The van der Waals surface area contributed by atoms with Crippen LogP contribution in [0.15, 0.2) is 54.6 Å². The second-order valence-corrected chi connectivity index (χ2v) is 4.99. The number of carbonyl (C=O) groups is 1. The van der Waals surface area contributed by atoms with Crippen LogP contribution in [0.5, 0.6) is 5.75 Å². The van der Waals surface area contributed by atoms with E-state index in [4.69, 9.17) is 9.84 Å². The highest BCUT2D eigenvalue weighted by Crippen LogP contribution is 2.30. The lowest BCUT2D eigenvalue weighted by Crippen LogP contribution is -2.31. The van der Waals surface area contributed by atoms with Crippen molar-refractivity contribution in [3.8, 4) is 5.75 Å². The average Bonchev–Trinajstić information content (AvgIpc) is 2.47. The minimum Gasteiger partial charge on any atom is -0.497 e. The van der Waals surface area contributed by atoms with E-state index in [-0.39, 0.29) is 12.8 Å². The number of hydrogen-bond donors (Lipinski definition) is 2. The Morgan fingerprint density at radius 2 is 1.71 bits per heavy atom. The molecule has 2 aromatic carbocycles. The van der Waals surface area contributed by atoms with Crippen LogP contribution >= 0.6 is 0 Å². The summed E-state index contributed by atoms with van der Waals surface area (Å²) in [5.74, 6) is -0.375. The fraction of sp³-hybridized carbons (Fsp3) is 0.235. The fourth-order valence-corrected chi connectivity index (χ4v) is 2.35. The third kappa shape index (κ3) is 3.83. The number of rotatable bonds is 6. The lowest BCUT2D eigenvalue weighted by Gasteiger charge is -2.27. The van der Waals surface area contributed by atoms with E-state index in [2.05, 4.69) is 0 Å². The Balaban J connectivity index is 2.33. The first-order chi connectivity index (χ1) is 10.0. The van der Waals surface area contributed by atoms with Gasteiger partial charge in [0.25, 0.3) is 0 Å². The van der Waals surface area contributed by atoms with E-state index in [0.29, 0.717) is 11.3 Å². The molecule has 0 saturated carbocycles. The molecule has 21 heavy (non-hydrogen) atoms. The van der Waals surface area contributed by atoms with Gasteiger partial charge in [-0.3, -0.25) is 4.79 Å². The molecule has 0 heterocycles. The van der Waals surface area contributed by atoms with Crippen LogP contribution < -0.4 is 4.74 Å². The standard InChI is InChI=1S/C17H18O4/c1-21-15-9-7-14(8-10-15)17(20,12-16(18)19)11-13-5-3-2-4-6-13/h2-10,20H,11-12H2,1H3,(H,18,19). The summed E-state index contributed by atoms with van der Waals surface area (Å²) >= 11 is 0. The van der Waals surface area contributed by atoms with Gasteiger partial charge in [0.05, 0.1) is 13.5 Å². The first-order valence-corrected chi connectivity index (χ1v) is 6.66. The Bertz CT molecular complexity index is 592.